The van der Waals surface area contributed by atoms with Gasteiger partial charge in [-0.15, -0.1) is 0 Å². The van der Waals surface area contributed by atoms with E-state index in [0.717, 1.165) is 6.42 Å². The van der Waals surface area contributed by atoms with Crippen LogP contribution >= 0.6 is 0 Å². The summed E-state index contributed by atoms with van der Waals surface area (Å²) in [5.74, 6) is 0.00697. The molecule has 0 bridgehead atoms. The first kappa shape index (κ1) is 25.3. The van der Waals surface area contributed by atoms with E-state index in [4.69, 9.17) is 14.2 Å². The molecule has 1 unspecified atom stereocenters. The summed E-state index contributed by atoms with van der Waals surface area (Å²) in [5, 5.41) is 11.2. The average Bonchev–Trinajstić information content (AvgIpc) is 3.09. The van der Waals surface area contributed by atoms with Crippen molar-refractivity contribution in [2.75, 3.05) is 33.5 Å². The van der Waals surface area contributed by atoms with E-state index in [9.17, 15) is 14.7 Å². The van der Waals surface area contributed by atoms with Crippen molar-refractivity contribution < 1.29 is 28.9 Å². The smallest absolute Gasteiger partial charge is 0.295 e. The van der Waals surface area contributed by atoms with Crippen LogP contribution in [0.2, 0.25) is 0 Å². The minimum absolute atomic E-state index is 0.0457. The highest BCUT2D eigenvalue weighted by Crippen LogP contribution is 2.40. The number of ether oxygens (including phenoxy) is 3. The molecule has 3 rings (SSSR count). The summed E-state index contributed by atoms with van der Waals surface area (Å²) in [6, 6.07) is 13.4. The molecule has 7 nitrogen and oxygen atoms in total. The number of Topliss-reactive ketones (excluding diaryl/α,β-unsaturated/α-hetero) is 1. The van der Waals surface area contributed by atoms with Gasteiger partial charge in [0, 0.05) is 19.2 Å². The Labute approximate surface area is 200 Å². The molecule has 0 saturated carbocycles. The number of hydrogen-bond acceptors (Lipinski definition) is 6. The third-order valence-electron chi connectivity index (χ3n) is 5.44. The number of ketones is 1. The Morgan fingerprint density at radius 3 is 2.41 bits per heavy atom. The van der Waals surface area contributed by atoms with Gasteiger partial charge in [-0.25, -0.2) is 0 Å². The number of nitrogens with zero attached hydrogens (tertiary/aromatic N) is 1. The van der Waals surface area contributed by atoms with Crippen LogP contribution in [0.1, 0.15) is 44.4 Å². The van der Waals surface area contributed by atoms with Crippen LogP contribution in [-0.2, 0) is 14.3 Å². The monoisotopic (exact) mass is 467 g/mol. The first-order valence-corrected chi connectivity index (χ1v) is 11.6. The second-order valence-corrected chi connectivity index (χ2v) is 8.64. The SMILES string of the molecule is CCCOc1ccc(C2/C(=C(/O)c3cccc(OCC(C)C)c3)C(=O)C(=O)N2CCOC)cc1. The van der Waals surface area contributed by atoms with Crippen molar-refractivity contribution in [2.45, 2.75) is 33.2 Å². The number of methoxy groups -OCH3 is 1. The van der Waals surface area contributed by atoms with Crippen molar-refractivity contribution in [2.24, 2.45) is 5.92 Å². The lowest BCUT2D eigenvalue weighted by atomic mass is 9.95. The molecule has 0 radical (unpaired) electrons. The fraction of sp³-hybridized carbons (Fsp3) is 0.407. The number of carbonyl (C=O) groups is 2. The Balaban J connectivity index is 2.03. The van der Waals surface area contributed by atoms with Gasteiger partial charge >= 0.3 is 0 Å². The van der Waals surface area contributed by atoms with E-state index in [1.165, 1.54) is 12.0 Å². The Morgan fingerprint density at radius 1 is 1.03 bits per heavy atom. The van der Waals surface area contributed by atoms with Crippen LogP contribution in [0, 0.1) is 5.92 Å². The zero-order valence-corrected chi connectivity index (χ0v) is 20.2. The standard InChI is InChI=1S/C27H33NO6/c1-5-14-33-21-11-9-19(10-12-21)24-23(26(30)27(31)28(24)13-15-32-4)25(29)20-7-6-8-22(16-20)34-17-18(2)3/h6-12,16,18,24,29H,5,13-15,17H2,1-4H3/b25-23-. The minimum atomic E-state index is -0.740. The molecule has 1 aliphatic heterocycles. The third kappa shape index (κ3) is 5.78. The molecule has 2 aromatic carbocycles. The Bertz CT molecular complexity index is 1030. The highest BCUT2D eigenvalue weighted by Gasteiger charge is 2.45. The molecule has 7 heteroatoms. The average molecular weight is 468 g/mol. The lowest BCUT2D eigenvalue weighted by molar-refractivity contribution is -0.140. The van der Waals surface area contributed by atoms with Gasteiger partial charge in [0.25, 0.3) is 11.7 Å². The van der Waals surface area contributed by atoms with Crippen molar-refractivity contribution >= 4 is 17.4 Å². The van der Waals surface area contributed by atoms with Crippen LogP contribution in [-0.4, -0.2) is 55.2 Å². The van der Waals surface area contributed by atoms with E-state index in [0.29, 0.717) is 41.8 Å². The molecule has 1 N–H and O–H groups in total. The van der Waals surface area contributed by atoms with Crippen molar-refractivity contribution in [3.63, 3.8) is 0 Å². The predicted octanol–water partition coefficient (Wildman–Crippen LogP) is 4.58. The number of aliphatic hydroxyl groups is 1. The summed E-state index contributed by atoms with van der Waals surface area (Å²) < 4.78 is 16.6. The zero-order chi connectivity index (χ0) is 24.7. The second-order valence-electron chi connectivity index (χ2n) is 8.64. The highest BCUT2D eigenvalue weighted by molar-refractivity contribution is 6.46. The molecule has 34 heavy (non-hydrogen) atoms. The summed E-state index contributed by atoms with van der Waals surface area (Å²) in [6.45, 7) is 7.72. The molecule has 1 fully saturated rings. The molecule has 1 aliphatic rings. The quantitative estimate of drug-likeness (QED) is 0.296. The first-order chi connectivity index (χ1) is 16.4. The van der Waals surface area contributed by atoms with Crippen molar-refractivity contribution in [1.82, 2.24) is 4.90 Å². The molecule has 1 saturated heterocycles. The van der Waals surface area contributed by atoms with Crippen LogP contribution < -0.4 is 9.47 Å². The van der Waals surface area contributed by atoms with Gasteiger partial charge in [0.05, 0.1) is 31.4 Å². The number of aliphatic hydroxyl groups excluding tert-OH is 1. The molecule has 1 amide bonds. The first-order valence-electron chi connectivity index (χ1n) is 11.6. The molecule has 0 spiro atoms. The number of likely N-dealkylation sites (tertiary alicyclic amines) is 1. The number of benzene rings is 2. The van der Waals surface area contributed by atoms with Gasteiger partial charge < -0.3 is 24.2 Å². The van der Waals surface area contributed by atoms with Gasteiger partial charge in [0.2, 0.25) is 0 Å². The molecule has 0 aliphatic carbocycles. The van der Waals surface area contributed by atoms with Gasteiger partial charge in [-0.2, -0.15) is 0 Å². The predicted molar refractivity (Wildman–Crippen MR) is 130 cm³/mol. The van der Waals surface area contributed by atoms with Crippen molar-refractivity contribution in [3.05, 3.63) is 65.2 Å². The largest absolute Gasteiger partial charge is 0.507 e. The zero-order valence-electron chi connectivity index (χ0n) is 20.2. The van der Waals surface area contributed by atoms with Crippen molar-refractivity contribution in [3.8, 4) is 11.5 Å². The number of carbonyl (C=O) groups excluding carboxylic acids is 2. The summed E-state index contributed by atoms with van der Waals surface area (Å²) >= 11 is 0. The molecule has 1 heterocycles. The fourth-order valence-electron chi connectivity index (χ4n) is 3.76. The van der Waals surface area contributed by atoms with Gasteiger partial charge in [0.1, 0.15) is 17.3 Å². The molecule has 1 atom stereocenters. The Morgan fingerprint density at radius 2 is 1.76 bits per heavy atom. The maximum atomic E-state index is 13.1. The lowest BCUT2D eigenvalue weighted by Crippen LogP contribution is -2.32. The van der Waals surface area contributed by atoms with Crippen LogP contribution in [0.5, 0.6) is 11.5 Å². The second kappa shape index (κ2) is 11.7. The van der Waals surface area contributed by atoms with Crippen LogP contribution in [0.3, 0.4) is 0 Å². The van der Waals surface area contributed by atoms with E-state index in [2.05, 4.69) is 0 Å². The molecule has 0 aromatic heterocycles. The number of hydrogen-bond donors (Lipinski definition) is 1. The minimum Gasteiger partial charge on any atom is -0.507 e. The van der Waals surface area contributed by atoms with Crippen LogP contribution in [0.4, 0.5) is 0 Å². The highest BCUT2D eigenvalue weighted by atomic mass is 16.5. The van der Waals surface area contributed by atoms with Crippen LogP contribution in [0.15, 0.2) is 54.1 Å². The summed E-state index contributed by atoms with van der Waals surface area (Å²) in [6.07, 6.45) is 0.888. The van der Waals surface area contributed by atoms with E-state index in [-0.39, 0.29) is 24.5 Å². The lowest BCUT2D eigenvalue weighted by Gasteiger charge is -2.25. The van der Waals surface area contributed by atoms with Gasteiger partial charge in [0.15, 0.2) is 0 Å². The van der Waals surface area contributed by atoms with Crippen LogP contribution in [0.25, 0.3) is 5.76 Å². The Hall–Kier alpha value is -3.32. The molecule has 182 valence electrons. The van der Waals surface area contributed by atoms with E-state index in [1.54, 1.807) is 24.3 Å². The summed E-state index contributed by atoms with van der Waals surface area (Å²) in [7, 11) is 1.54. The topological polar surface area (TPSA) is 85.3 Å². The molecule has 2 aromatic rings. The van der Waals surface area contributed by atoms with E-state index < -0.39 is 17.7 Å². The molecular weight excluding hydrogens is 434 g/mol. The third-order valence-corrected chi connectivity index (χ3v) is 5.44. The number of amides is 1. The number of rotatable bonds is 11. The fourth-order valence-corrected chi connectivity index (χ4v) is 3.76. The van der Waals surface area contributed by atoms with E-state index in [1.807, 2.05) is 45.0 Å². The Kier molecular flexibility index (Phi) is 8.71. The summed E-state index contributed by atoms with van der Waals surface area (Å²) in [4.78, 5) is 27.4. The van der Waals surface area contributed by atoms with Gasteiger partial charge in [-0.1, -0.05) is 45.0 Å². The maximum absolute atomic E-state index is 13.1. The van der Waals surface area contributed by atoms with Crippen molar-refractivity contribution in [1.29, 1.82) is 0 Å². The molecular formula is C27H33NO6. The maximum Gasteiger partial charge on any atom is 0.295 e. The van der Waals surface area contributed by atoms with E-state index >= 15 is 0 Å². The van der Waals surface area contributed by atoms with Gasteiger partial charge in [-0.3, -0.25) is 9.59 Å². The normalized spacial score (nSPS) is 17.4. The van der Waals surface area contributed by atoms with Gasteiger partial charge in [-0.05, 0) is 42.2 Å². The summed E-state index contributed by atoms with van der Waals surface area (Å²) in [5.41, 5.74) is 1.16.